The first-order chi connectivity index (χ1) is 9.70. The summed E-state index contributed by atoms with van der Waals surface area (Å²) in [5.74, 6) is 0. The van der Waals surface area contributed by atoms with Gasteiger partial charge in [0.2, 0.25) is 5.65 Å². The second-order valence-corrected chi connectivity index (χ2v) is 6.10. The van der Waals surface area contributed by atoms with Gasteiger partial charge in [0.15, 0.2) is 0 Å². The minimum atomic E-state index is 0.162. The molecule has 0 unspecified atom stereocenters. The van der Waals surface area contributed by atoms with Crippen LogP contribution in [0.1, 0.15) is 58.1 Å². The molecule has 5 nitrogen and oxygen atoms in total. The van der Waals surface area contributed by atoms with E-state index in [1.807, 2.05) is 0 Å². The largest absolute Gasteiger partial charge is 0.377 e. The van der Waals surface area contributed by atoms with Crippen LogP contribution < -0.4 is 5.32 Å². The molecule has 2 aromatic heterocycles. The van der Waals surface area contributed by atoms with E-state index in [1.165, 1.54) is 38.5 Å². The molecule has 2 heterocycles. The number of fused-ring (bicyclic) bond motifs is 1. The van der Waals surface area contributed by atoms with Crippen molar-refractivity contribution in [3.05, 3.63) is 18.1 Å². The smallest absolute Gasteiger partial charge is 0.200 e. The molecule has 1 saturated carbocycles. The van der Waals surface area contributed by atoms with Crippen molar-refractivity contribution in [1.82, 2.24) is 19.8 Å². The maximum atomic E-state index is 4.50. The maximum Gasteiger partial charge on any atom is 0.200 e. The van der Waals surface area contributed by atoms with Crippen molar-refractivity contribution < 1.29 is 0 Å². The molecule has 0 aromatic carbocycles. The molecule has 3 rings (SSSR count). The van der Waals surface area contributed by atoms with Crippen LogP contribution in [0, 0.1) is 0 Å². The lowest BCUT2D eigenvalue weighted by Crippen LogP contribution is -2.34. The Morgan fingerprint density at radius 3 is 2.70 bits per heavy atom. The molecule has 0 spiro atoms. The maximum absolute atomic E-state index is 4.50. The Bertz CT molecular complexity index is 581. The second kappa shape index (κ2) is 5.38. The van der Waals surface area contributed by atoms with Crippen LogP contribution in [0.3, 0.4) is 0 Å². The molecular weight excluding hydrogens is 250 g/mol. The van der Waals surface area contributed by atoms with Crippen LogP contribution in [0.25, 0.3) is 5.65 Å². The first-order valence-electron chi connectivity index (χ1n) is 7.68. The summed E-state index contributed by atoms with van der Waals surface area (Å²) < 4.78 is 1.78. The van der Waals surface area contributed by atoms with Gasteiger partial charge in [-0.3, -0.25) is 0 Å². The number of anilines is 1. The summed E-state index contributed by atoms with van der Waals surface area (Å²) >= 11 is 0. The third-order valence-corrected chi connectivity index (χ3v) is 4.32. The average molecular weight is 273 g/mol. The Labute approximate surface area is 119 Å². The predicted octanol–water partition coefficient (Wildman–Crippen LogP) is 3.21. The van der Waals surface area contributed by atoms with Gasteiger partial charge >= 0.3 is 0 Å². The molecule has 20 heavy (non-hydrogen) atoms. The van der Waals surface area contributed by atoms with Crippen LogP contribution in [0.15, 0.2) is 12.4 Å². The molecular formula is C15H23N5. The topological polar surface area (TPSA) is 55.1 Å². The molecule has 0 amide bonds. The van der Waals surface area contributed by atoms with Crippen LogP contribution >= 0.6 is 0 Å². The number of hydrogen-bond donors (Lipinski definition) is 1. The number of rotatable bonds is 3. The molecule has 0 bridgehead atoms. The third-order valence-electron chi connectivity index (χ3n) is 4.32. The predicted molar refractivity (Wildman–Crippen MR) is 79.9 cm³/mol. The van der Waals surface area contributed by atoms with Crippen LogP contribution in [0.2, 0.25) is 0 Å². The van der Waals surface area contributed by atoms with Gasteiger partial charge in [-0.1, -0.05) is 32.6 Å². The molecule has 2 aromatic rings. The van der Waals surface area contributed by atoms with E-state index in [2.05, 4.69) is 40.5 Å². The fourth-order valence-corrected chi connectivity index (χ4v) is 3.10. The first-order valence-corrected chi connectivity index (χ1v) is 7.68. The molecule has 0 aliphatic heterocycles. The van der Waals surface area contributed by atoms with Crippen LogP contribution in [0.5, 0.6) is 0 Å². The van der Waals surface area contributed by atoms with E-state index in [0.717, 1.165) is 23.4 Å². The van der Waals surface area contributed by atoms with Gasteiger partial charge in [-0.05, 0) is 32.3 Å². The van der Waals surface area contributed by atoms with Crippen LogP contribution in [-0.2, 0) is 6.42 Å². The zero-order valence-corrected chi connectivity index (χ0v) is 12.4. The van der Waals surface area contributed by atoms with Gasteiger partial charge in [0.25, 0.3) is 0 Å². The van der Waals surface area contributed by atoms with Gasteiger partial charge in [-0.2, -0.15) is 9.61 Å². The van der Waals surface area contributed by atoms with E-state index < -0.39 is 0 Å². The minimum absolute atomic E-state index is 0.162. The van der Waals surface area contributed by atoms with Crippen molar-refractivity contribution in [1.29, 1.82) is 0 Å². The van der Waals surface area contributed by atoms with Crippen molar-refractivity contribution in [2.45, 2.75) is 64.3 Å². The molecule has 1 fully saturated rings. The van der Waals surface area contributed by atoms with Gasteiger partial charge in [-0.15, -0.1) is 10.2 Å². The highest BCUT2D eigenvalue weighted by atomic mass is 15.3. The molecule has 5 heteroatoms. The summed E-state index contributed by atoms with van der Waals surface area (Å²) in [5, 5.41) is 16.4. The third kappa shape index (κ3) is 2.62. The zero-order valence-electron chi connectivity index (χ0n) is 12.4. The van der Waals surface area contributed by atoms with E-state index in [9.17, 15) is 0 Å². The van der Waals surface area contributed by atoms with Gasteiger partial charge in [-0.25, -0.2) is 0 Å². The summed E-state index contributed by atoms with van der Waals surface area (Å²) in [7, 11) is 0. The van der Waals surface area contributed by atoms with Crippen molar-refractivity contribution in [2.24, 2.45) is 0 Å². The number of nitrogens with zero attached hydrogens (tertiary/aromatic N) is 4. The molecule has 0 saturated heterocycles. The van der Waals surface area contributed by atoms with E-state index in [4.69, 9.17) is 0 Å². The number of nitrogens with one attached hydrogen (secondary N) is 1. The number of aryl methyl sites for hydroxylation is 1. The Morgan fingerprint density at radius 2 is 2.00 bits per heavy atom. The molecule has 0 radical (unpaired) electrons. The number of hydrogen-bond acceptors (Lipinski definition) is 4. The Kier molecular flexibility index (Phi) is 3.59. The quantitative estimate of drug-likeness (QED) is 0.872. The van der Waals surface area contributed by atoms with Crippen LogP contribution in [-0.4, -0.2) is 25.4 Å². The average Bonchev–Trinajstić information content (AvgIpc) is 2.81. The van der Waals surface area contributed by atoms with E-state index >= 15 is 0 Å². The first kappa shape index (κ1) is 13.3. The SMILES string of the molecule is CCc1cc(NC2(C)CCCCCC2)c2nncn2n1. The summed E-state index contributed by atoms with van der Waals surface area (Å²) in [4.78, 5) is 0. The lowest BCUT2D eigenvalue weighted by atomic mass is 9.92. The molecule has 1 aliphatic carbocycles. The van der Waals surface area contributed by atoms with Crippen molar-refractivity contribution in [3.8, 4) is 0 Å². The highest BCUT2D eigenvalue weighted by Crippen LogP contribution is 2.31. The summed E-state index contributed by atoms with van der Waals surface area (Å²) in [5.41, 5.74) is 3.12. The van der Waals surface area contributed by atoms with Gasteiger partial charge in [0.1, 0.15) is 6.33 Å². The molecule has 1 aliphatic rings. The van der Waals surface area contributed by atoms with Crippen molar-refractivity contribution >= 4 is 11.3 Å². The lowest BCUT2D eigenvalue weighted by molar-refractivity contribution is 0.447. The summed E-state index contributed by atoms with van der Waals surface area (Å²) in [6.07, 6.45) is 10.3. The normalized spacial score (nSPS) is 18.9. The van der Waals surface area contributed by atoms with Gasteiger partial charge in [0.05, 0.1) is 11.4 Å². The van der Waals surface area contributed by atoms with Crippen molar-refractivity contribution in [3.63, 3.8) is 0 Å². The Morgan fingerprint density at radius 1 is 1.25 bits per heavy atom. The van der Waals surface area contributed by atoms with Crippen LogP contribution in [0.4, 0.5) is 5.69 Å². The Hall–Kier alpha value is -1.65. The molecule has 0 atom stereocenters. The van der Waals surface area contributed by atoms with Gasteiger partial charge < -0.3 is 5.32 Å². The monoisotopic (exact) mass is 273 g/mol. The summed E-state index contributed by atoms with van der Waals surface area (Å²) in [6.45, 7) is 4.45. The number of aromatic nitrogens is 4. The van der Waals surface area contributed by atoms with Crippen molar-refractivity contribution in [2.75, 3.05) is 5.32 Å². The molecule has 1 N–H and O–H groups in total. The highest BCUT2D eigenvalue weighted by Gasteiger charge is 2.26. The fourth-order valence-electron chi connectivity index (χ4n) is 3.10. The van der Waals surface area contributed by atoms with E-state index in [-0.39, 0.29) is 5.54 Å². The Balaban J connectivity index is 1.94. The fraction of sp³-hybridized carbons (Fsp3) is 0.667. The second-order valence-electron chi connectivity index (χ2n) is 6.10. The highest BCUT2D eigenvalue weighted by molar-refractivity contribution is 5.67. The van der Waals surface area contributed by atoms with Gasteiger partial charge in [0, 0.05) is 5.54 Å². The molecule has 108 valence electrons. The van der Waals surface area contributed by atoms with E-state index in [1.54, 1.807) is 10.8 Å². The lowest BCUT2D eigenvalue weighted by Gasteiger charge is -2.31. The zero-order chi connectivity index (χ0) is 14.0. The van der Waals surface area contributed by atoms with E-state index in [0.29, 0.717) is 0 Å². The standard InChI is InChI=1S/C15H23N5/c1-3-12-10-13(14-18-16-11-20(14)19-12)17-15(2)8-6-4-5-7-9-15/h10-11,17H,3-9H2,1-2H3. The minimum Gasteiger partial charge on any atom is -0.377 e. The summed E-state index contributed by atoms with van der Waals surface area (Å²) in [6, 6.07) is 2.13.